The first-order chi connectivity index (χ1) is 6.94. The van der Waals surface area contributed by atoms with Gasteiger partial charge in [0.15, 0.2) is 0 Å². The minimum Gasteiger partial charge on any atom is -0.150 e. The van der Waals surface area contributed by atoms with E-state index in [9.17, 15) is 4.91 Å². The molecule has 0 spiro atoms. The average Bonchev–Trinajstić information content (AvgIpc) is 2.10. The Kier molecular flexibility index (Phi) is 4.34. The van der Waals surface area contributed by atoms with Crippen molar-refractivity contribution in [2.45, 2.75) is 37.0 Å². The van der Waals surface area contributed by atoms with Crippen LogP contribution in [0, 0.1) is 4.91 Å². The Morgan fingerprint density at radius 2 is 2.07 bits per heavy atom. The van der Waals surface area contributed by atoms with Crippen molar-refractivity contribution in [3.05, 3.63) is 33.1 Å². The van der Waals surface area contributed by atoms with Crippen LogP contribution in [-0.4, -0.2) is 4.75 Å². The van der Waals surface area contributed by atoms with E-state index < -0.39 is 0 Å². The summed E-state index contributed by atoms with van der Waals surface area (Å²) in [4.78, 5) is 11.4. The summed E-state index contributed by atoms with van der Waals surface area (Å²) in [6, 6.07) is 5.86. The van der Waals surface area contributed by atoms with Gasteiger partial charge < -0.3 is 0 Å². The Labute approximate surface area is 103 Å². The van der Waals surface area contributed by atoms with Crippen molar-refractivity contribution >= 4 is 27.7 Å². The fourth-order valence-corrected chi connectivity index (χ4v) is 2.86. The van der Waals surface area contributed by atoms with Crippen LogP contribution in [0.4, 0.5) is 0 Å². The van der Waals surface area contributed by atoms with Gasteiger partial charge in [0.05, 0.1) is 0 Å². The molecule has 0 aliphatic carbocycles. The zero-order valence-corrected chi connectivity index (χ0v) is 11.5. The fourth-order valence-electron chi connectivity index (χ4n) is 1.17. The van der Waals surface area contributed by atoms with Crippen LogP contribution in [0.15, 0.2) is 32.7 Å². The highest BCUT2D eigenvalue weighted by molar-refractivity contribution is 9.10. The van der Waals surface area contributed by atoms with Crippen LogP contribution < -0.4 is 0 Å². The molecule has 0 aliphatic heterocycles. The third-order valence-corrected chi connectivity index (χ3v) is 3.91. The predicted molar refractivity (Wildman–Crippen MR) is 69.3 cm³/mol. The molecule has 0 aliphatic rings. The molecule has 0 atom stereocenters. The summed E-state index contributed by atoms with van der Waals surface area (Å²) in [6.45, 7) is 6.68. The zero-order chi connectivity index (χ0) is 11.5. The highest BCUT2D eigenvalue weighted by Crippen LogP contribution is 2.39. The molecule has 0 fully saturated rings. The van der Waals surface area contributed by atoms with E-state index in [0.717, 1.165) is 14.9 Å². The summed E-state index contributed by atoms with van der Waals surface area (Å²) in [6.07, 6.45) is 0. The maximum absolute atomic E-state index is 10.3. The molecular formula is C11H14BrNOS. The van der Waals surface area contributed by atoms with Crippen LogP contribution in [0.1, 0.15) is 26.3 Å². The molecule has 0 radical (unpaired) electrons. The first-order valence-corrected chi connectivity index (χ1v) is 6.30. The molecule has 15 heavy (non-hydrogen) atoms. The van der Waals surface area contributed by atoms with Gasteiger partial charge in [-0.25, -0.2) is 0 Å². The lowest BCUT2D eigenvalue weighted by Crippen LogP contribution is -2.07. The Balaban J connectivity index is 3.07. The molecular weight excluding hydrogens is 274 g/mol. The number of benzene rings is 1. The minimum atomic E-state index is 0.126. The van der Waals surface area contributed by atoms with Gasteiger partial charge in [-0.2, -0.15) is 4.91 Å². The standard InChI is InChI=1S/C11H14BrNOS/c1-11(2,3)15-10-8(7-13-14)5-4-6-9(10)12/h4-6H,7H2,1-3H3. The van der Waals surface area contributed by atoms with Crippen molar-refractivity contribution in [1.29, 1.82) is 0 Å². The SMILES string of the molecule is CC(C)(C)Sc1c(Br)cccc1CN=O. The van der Waals surface area contributed by atoms with Crippen LogP contribution in [0.5, 0.6) is 0 Å². The zero-order valence-electron chi connectivity index (χ0n) is 9.08. The number of rotatable bonds is 3. The monoisotopic (exact) mass is 287 g/mol. The van der Waals surface area contributed by atoms with Gasteiger partial charge in [-0.15, -0.1) is 11.8 Å². The molecule has 0 unspecified atom stereocenters. The van der Waals surface area contributed by atoms with E-state index in [0.29, 0.717) is 0 Å². The van der Waals surface area contributed by atoms with Gasteiger partial charge in [-0.1, -0.05) is 38.1 Å². The molecule has 0 N–H and O–H groups in total. The van der Waals surface area contributed by atoms with E-state index in [-0.39, 0.29) is 11.3 Å². The van der Waals surface area contributed by atoms with Crippen molar-refractivity contribution in [3.8, 4) is 0 Å². The molecule has 0 aromatic heterocycles. The van der Waals surface area contributed by atoms with Gasteiger partial charge in [0.25, 0.3) is 0 Å². The van der Waals surface area contributed by atoms with Gasteiger partial charge in [0, 0.05) is 14.1 Å². The van der Waals surface area contributed by atoms with Gasteiger partial charge in [0.1, 0.15) is 6.54 Å². The summed E-state index contributed by atoms with van der Waals surface area (Å²) in [5.41, 5.74) is 0.985. The van der Waals surface area contributed by atoms with Crippen molar-refractivity contribution in [2.75, 3.05) is 0 Å². The second-order valence-corrected chi connectivity index (χ2v) is 6.92. The Morgan fingerprint density at radius 1 is 1.40 bits per heavy atom. The molecule has 0 amide bonds. The summed E-state index contributed by atoms with van der Waals surface area (Å²) in [5, 5.41) is 2.95. The lowest BCUT2D eigenvalue weighted by Gasteiger charge is -2.20. The molecule has 2 nitrogen and oxygen atoms in total. The van der Waals surface area contributed by atoms with Crippen LogP contribution in [-0.2, 0) is 6.54 Å². The number of nitroso groups, excluding NO2 is 1. The third kappa shape index (κ3) is 3.95. The number of halogens is 1. The normalized spacial score (nSPS) is 11.5. The highest BCUT2D eigenvalue weighted by Gasteiger charge is 2.17. The smallest absolute Gasteiger partial charge is 0.107 e. The van der Waals surface area contributed by atoms with E-state index in [1.807, 2.05) is 18.2 Å². The van der Waals surface area contributed by atoms with E-state index in [1.165, 1.54) is 0 Å². The molecule has 0 saturated heterocycles. The molecule has 1 aromatic rings. The van der Waals surface area contributed by atoms with Crippen molar-refractivity contribution in [3.63, 3.8) is 0 Å². The van der Waals surface area contributed by atoms with Gasteiger partial charge in [-0.05, 0) is 27.6 Å². The summed E-state index contributed by atoms with van der Waals surface area (Å²) in [7, 11) is 0. The highest BCUT2D eigenvalue weighted by atomic mass is 79.9. The largest absolute Gasteiger partial charge is 0.150 e. The molecule has 0 saturated carbocycles. The minimum absolute atomic E-state index is 0.126. The maximum Gasteiger partial charge on any atom is 0.107 e. The van der Waals surface area contributed by atoms with E-state index in [1.54, 1.807) is 11.8 Å². The van der Waals surface area contributed by atoms with Crippen molar-refractivity contribution in [1.82, 2.24) is 0 Å². The lowest BCUT2D eigenvalue weighted by molar-refractivity contribution is 0.800. The number of hydrogen-bond donors (Lipinski definition) is 0. The van der Waals surface area contributed by atoms with E-state index >= 15 is 0 Å². The third-order valence-electron chi connectivity index (χ3n) is 1.69. The molecule has 1 rings (SSSR count). The second kappa shape index (κ2) is 5.12. The van der Waals surface area contributed by atoms with Crippen molar-refractivity contribution in [2.24, 2.45) is 5.18 Å². The second-order valence-electron chi connectivity index (χ2n) is 4.23. The summed E-state index contributed by atoms with van der Waals surface area (Å²) in [5.74, 6) is 0. The maximum atomic E-state index is 10.3. The summed E-state index contributed by atoms with van der Waals surface area (Å²) >= 11 is 5.25. The van der Waals surface area contributed by atoms with Crippen LogP contribution in [0.2, 0.25) is 0 Å². The predicted octanol–water partition coefficient (Wildman–Crippen LogP) is 4.61. The Hall–Kier alpha value is -0.350. The number of hydrogen-bond acceptors (Lipinski definition) is 3. The van der Waals surface area contributed by atoms with Gasteiger partial charge in [-0.3, -0.25) is 0 Å². The van der Waals surface area contributed by atoms with E-state index in [2.05, 4.69) is 41.9 Å². The van der Waals surface area contributed by atoms with E-state index in [4.69, 9.17) is 0 Å². The molecule has 0 heterocycles. The van der Waals surface area contributed by atoms with Crippen LogP contribution in [0.3, 0.4) is 0 Å². The lowest BCUT2D eigenvalue weighted by atomic mass is 10.2. The topological polar surface area (TPSA) is 29.4 Å². The Bertz CT molecular complexity index is 360. The fraction of sp³-hybridized carbons (Fsp3) is 0.455. The molecule has 82 valence electrons. The van der Waals surface area contributed by atoms with Crippen LogP contribution >= 0.6 is 27.7 Å². The first-order valence-electron chi connectivity index (χ1n) is 4.69. The quantitative estimate of drug-likeness (QED) is 0.600. The van der Waals surface area contributed by atoms with Gasteiger partial charge in [0.2, 0.25) is 0 Å². The molecule has 0 bridgehead atoms. The first kappa shape index (κ1) is 12.7. The summed E-state index contributed by atoms with van der Waals surface area (Å²) < 4.78 is 1.16. The van der Waals surface area contributed by atoms with Gasteiger partial charge >= 0.3 is 0 Å². The number of thioether (sulfide) groups is 1. The average molecular weight is 288 g/mol. The van der Waals surface area contributed by atoms with Crippen LogP contribution in [0.25, 0.3) is 0 Å². The molecule has 1 aromatic carbocycles. The number of nitrogens with zero attached hydrogens (tertiary/aromatic N) is 1. The Morgan fingerprint density at radius 3 is 2.60 bits per heavy atom. The molecule has 4 heteroatoms. The van der Waals surface area contributed by atoms with Crippen molar-refractivity contribution < 1.29 is 0 Å².